The minimum Gasteiger partial charge on any atom is -0.367 e. The highest BCUT2D eigenvalue weighted by atomic mass is 16.5. The number of hydrogen-bond acceptors (Lipinski definition) is 7. The van der Waals surface area contributed by atoms with Gasteiger partial charge in [0.15, 0.2) is 0 Å². The fraction of sp³-hybridized carbons (Fsp3) is 0.727. The molecule has 3 rings (SSSR count). The third kappa shape index (κ3) is 2.83. The van der Waals surface area contributed by atoms with Gasteiger partial charge in [0.1, 0.15) is 17.8 Å². The number of tetrazole rings is 1. The highest BCUT2D eigenvalue weighted by Crippen LogP contribution is 2.19. The zero-order valence-corrected chi connectivity index (χ0v) is 11.7. The van der Waals surface area contributed by atoms with Crippen molar-refractivity contribution in [2.75, 3.05) is 19.7 Å². The monoisotopic (exact) mass is 278 g/mol. The summed E-state index contributed by atoms with van der Waals surface area (Å²) in [6.07, 6.45) is 0.706. The second-order valence-corrected chi connectivity index (χ2v) is 4.78. The van der Waals surface area contributed by atoms with E-state index in [1.54, 1.807) is 7.05 Å². The van der Waals surface area contributed by atoms with Crippen LogP contribution in [0.2, 0.25) is 0 Å². The van der Waals surface area contributed by atoms with Gasteiger partial charge in [0.25, 0.3) is 0 Å². The molecule has 20 heavy (non-hydrogen) atoms. The Bertz CT molecular complexity index is 564. The summed E-state index contributed by atoms with van der Waals surface area (Å²) in [5.74, 6) is 2.36. The van der Waals surface area contributed by atoms with E-state index in [-0.39, 0.29) is 6.10 Å². The highest BCUT2D eigenvalue weighted by Gasteiger charge is 2.26. The average Bonchev–Trinajstić information content (AvgIpc) is 3.08. The van der Waals surface area contributed by atoms with Gasteiger partial charge in [-0.3, -0.25) is 10.00 Å². The van der Waals surface area contributed by atoms with Crippen molar-refractivity contribution in [1.82, 2.24) is 40.3 Å². The first kappa shape index (κ1) is 13.1. The molecule has 1 aliphatic rings. The molecule has 0 saturated carbocycles. The van der Waals surface area contributed by atoms with E-state index in [2.05, 4.69) is 35.5 Å². The molecular formula is C11H18N8O. The minimum atomic E-state index is -0.133. The fourth-order valence-electron chi connectivity index (χ4n) is 2.21. The van der Waals surface area contributed by atoms with E-state index in [1.165, 1.54) is 4.80 Å². The maximum Gasteiger partial charge on any atom is 0.204 e. The normalized spacial score (nSPS) is 20.4. The van der Waals surface area contributed by atoms with E-state index in [1.807, 2.05) is 6.92 Å². The summed E-state index contributed by atoms with van der Waals surface area (Å²) < 4.78 is 5.71. The number of morpholine rings is 1. The number of rotatable bonds is 4. The van der Waals surface area contributed by atoms with Crippen molar-refractivity contribution in [1.29, 1.82) is 0 Å². The van der Waals surface area contributed by atoms with Crippen LogP contribution in [0.15, 0.2) is 0 Å². The van der Waals surface area contributed by atoms with Crippen molar-refractivity contribution >= 4 is 0 Å². The Morgan fingerprint density at radius 1 is 1.45 bits per heavy atom. The van der Waals surface area contributed by atoms with E-state index in [0.717, 1.165) is 37.7 Å². The molecule has 0 aliphatic carbocycles. The molecule has 9 heteroatoms. The molecule has 0 amide bonds. The molecule has 2 aromatic rings. The van der Waals surface area contributed by atoms with Crippen LogP contribution in [0, 0.1) is 0 Å². The van der Waals surface area contributed by atoms with Crippen molar-refractivity contribution in [3.63, 3.8) is 0 Å². The van der Waals surface area contributed by atoms with Gasteiger partial charge in [-0.2, -0.15) is 9.90 Å². The second-order valence-electron chi connectivity index (χ2n) is 4.78. The number of aromatic amines is 1. The summed E-state index contributed by atoms with van der Waals surface area (Å²) in [6, 6.07) is 0. The molecule has 0 spiro atoms. The maximum absolute atomic E-state index is 5.71. The summed E-state index contributed by atoms with van der Waals surface area (Å²) in [7, 11) is 1.75. The van der Waals surface area contributed by atoms with Crippen LogP contribution >= 0.6 is 0 Å². The van der Waals surface area contributed by atoms with E-state index < -0.39 is 0 Å². The smallest absolute Gasteiger partial charge is 0.204 e. The summed E-state index contributed by atoms with van der Waals surface area (Å²) in [6.45, 7) is 5.01. The molecule has 1 atom stereocenters. The molecule has 0 aromatic carbocycles. The number of nitrogens with one attached hydrogen (secondary N) is 1. The van der Waals surface area contributed by atoms with E-state index >= 15 is 0 Å². The van der Waals surface area contributed by atoms with Crippen molar-refractivity contribution in [3.8, 4) is 0 Å². The van der Waals surface area contributed by atoms with E-state index in [0.29, 0.717) is 12.4 Å². The molecule has 1 aliphatic heterocycles. The molecule has 108 valence electrons. The van der Waals surface area contributed by atoms with Crippen LogP contribution in [0.25, 0.3) is 0 Å². The van der Waals surface area contributed by atoms with Crippen LogP contribution in [0.4, 0.5) is 0 Å². The number of hydrogen-bond donors (Lipinski definition) is 1. The highest BCUT2D eigenvalue weighted by molar-refractivity contribution is 4.93. The quantitative estimate of drug-likeness (QED) is 0.802. The molecule has 1 saturated heterocycles. The third-order valence-corrected chi connectivity index (χ3v) is 3.23. The average molecular weight is 278 g/mol. The molecule has 9 nitrogen and oxygen atoms in total. The summed E-state index contributed by atoms with van der Waals surface area (Å²) in [5, 5.41) is 19.2. The summed E-state index contributed by atoms with van der Waals surface area (Å²) in [5.41, 5.74) is 0. The van der Waals surface area contributed by atoms with Crippen molar-refractivity contribution in [2.24, 2.45) is 7.05 Å². The Balaban J connectivity index is 1.63. The standard InChI is InChI=1S/C11H18N8O/c1-3-9-12-10(14-13-9)7-19-4-5-20-8(6-19)11-15-17-18(2)16-11/h8H,3-7H2,1-2H3,(H,12,13,14). The van der Waals surface area contributed by atoms with Gasteiger partial charge in [0, 0.05) is 19.5 Å². The number of H-pyrrole nitrogens is 1. The van der Waals surface area contributed by atoms with Gasteiger partial charge < -0.3 is 4.74 Å². The fourth-order valence-corrected chi connectivity index (χ4v) is 2.21. The first-order valence-electron chi connectivity index (χ1n) is 6.72. The van der Waals surface area contributed by atoms with Gasteiger partial charge in [-0.15, -0.1) is 10.2 Å². The van der Waals surface area contributed by atoms with Crippen LogP contribution in [0.5, 0.6) is 0 Å². The Kier molecular flexibility index (Phi) is 3.70. The SMILES string of the molecule is CCc1n[nH]c(CN2CCOC(c3nnn(C)n3)C2)n1. The van der Waals surface area contributed by atoms with E-state index in [4.69, 9.17) is 4.74 Å². The molecular weight excluding hydrogens is 260 g/mol. The molecule has 2 aromatic heterocycles. The Morgan fingerprint density at radius 2 is 2.35 bits per heavy atom. The van der Waals surface area contributed by atoms with Gasteiger partial charge in [0.2, 0.25) is 5.82 Å². The summed E-state index contributed by atoms with van der Waals surface area (Å²) in [4.78, 5) is 8.13. The molecule has 0 radical (unpaired) electrons. The lowest BCUT2D eigenvalue weighted by Crippen LogP contribution is -2.38. The van der Waals surface area contributed by atoms with Crippen LogP contribution in [0.1, 0.15) is 30.5 Å². The molecule has 1 unspecified atom stereocenters. The number of nitrogens with zero attached hydrogens (tertiary/aromatic N) is 7. The zero-order valence-electron chi connectivity index (χ0n) is 11.7. The van der Waals surface area contributed by atoms with Gasteiger partial charge in [0.05, 0.1) is 20.2 Å². The molecule has 3 heterocycles. The topological polar surface area (TPSA) is 97.6 Å². The second kappa shape index (κ2) is 5.63. The molecule has 1 fully saturated rings. The lowest BCUT2D eigenvalue weighted by molar-refractivity contribution is -0.0380. The van der Waals surface area contributed by atoms with Gasteiger partial charge in [-0.1, -0.05) is 6.92 Å². The third-order valence-electron chi connectivity index (χ3n) is 3.23. The van der Waals surface area contributed by atoms with Gasteiger partial charge >= 0.3 is 0 Å². The minimum absolute atomic E-state index is 0.133. The molecule has 0 bridgehead atoms. The predicted octanol–water partition coefficient (Wildman–Crippen LogP) is -0.536. The predicted molar refractivity (Wildman–Crippen MR) is 68.5 cm³/mol. The Morgan fingerprint density at radius 3 is 3.05 bits per heavy atom. The number of aryl methyl sites for hydroxylation is 2. The Hall–Kier alpha value is -1.87. The van der Waals surface area contributed by atoms with E-state index in [9.17, 15) is 0 Å². The van der Waals surface area contributed by atoms with Crippen LogP contribution in [-0.4, -0.2) is 60.0 Å². The van der Waals surface area contributed by atoms with Crippen LogP contribution < -0.4 is 0 Å². The van der Waals surface area contributed by atoms with Gasteiger partial charge in [-0.25, -0.2) is 4.98 Å². The largest absolute Gasteiger partial charge is 0.367 e. The maximum atomic E-state index is 5.71. The van der Waals surface area contributed by atoms with Gasteiger partial charge in [-0.05, 0) is 5.21 Å². The zero-order chi connectivity index (χ0) is 13.9. The Labute approximate surface area is 116 Å². The summed E-state index contributed by atoms with van der Waals surface area (Å²) >= 11 is 0. The van der Waals surface area contributed by atoms with Crippen molar-refractivity contribution in [3.05, 3.63) is 17.5 Å². The number of aromatic nitrogens is 7. The van der Waals surface area contributed by atoms with Crippen molar-refractivity contribution in [2.45, 2.75) is 26.0 Å². The lowest BCUT2D eigenvalue weighted by atomic mass is 10.2. The van der Waals surface area contributed by atoms with Crippen LogP contribution in [-0.2, 0) is 24.8 Å². The number of ether oxygens (including phenoxy) is 1. The molecule has 1 N–H and O–H groups in total. The lowest BCUT2D eigenvalue weighted by Gasteiger charge is -2.30. The van der Waals surface area contributed by atoms with Crippen LogP contribution in [0.3, 0.4) is 0 Å². The van der Waals surface area contributed by atoms with Crippen molar-refractivity contribution < 1.29 is 4.74 Å². The first-order chi connectivity index (χ1) is 9.74. The first-order valence-corrected chi connectivity index (χ1v) is 6.72.